The summed E-state index contributed by atoms with van der Waals surface area (Å²) < 4.78 is 5.09. The highest BCUT2D eigenvalue weighted by Crippen LogP contribution is 2.25. The topological polar surface area (TPSA) is 71.2 Å². The maximum atomic E-state index is 12.8. The minimum absolute atomic E-state index is 0.00363. The third kappa shape index (κ3) is 3.89. The number of Topliss-reactive ketones (excluding diaryl/α,β-unsaturated/α-hetero) is 1. The third-order valence-electron chi connectivity index (χ3n) is 5.13. The average Bonchev–Trinajstić information content (AvgIpc) is 2.83. The molecule has 134 valence electrons. The Balaban J connectivity index is 2.14. The highest BCUT2D eigenvalue weighted by atomic mass is 16.5. The molecule has 1 fully saturated rings. The predicted molar refractivity (Wildman–Crippen MR) is 94.6 cm³/mol. The van der Waals surface area contributed by atoms with Gasteiger partial charge in [-0.1, -0.05) is 19.8 Å². The van der Waals surface area contributed by atoms with Gasteiger partial charge in [-0.25, -0.2) is 4.79 Å². The first kappa shape index (κ1) is 18.7. The molecule has 2 N–H and O–H groups in total. The number of nitrogens with one attached hydrogen (secondary N) is 2. The van der Waals surface area contributed by atoms with Crippen LogP contribution in [0.3, 0.4) is 0 Å². The Morgan fingerprint density at radius 1 is 1.29 bits per heavy atom. The van der Waals surface area contributed by atoms with E-state index in [4.69, 9.17) is 4.74 Å². The van der Waals surface area contributed by atoms with Crippen LogP contribution in [0, 0.1) is 19.8 Å². The molecular formula is C19H30N2O3. The van der Waals surface area contributed by atoms with Crippen LogP contribution in [0.1, 0.15) is 78.6 Å². The van der Waals surface area contributed by atoms with Crippen LogP contribution in [0.25, 0.3) is 0 Å². The molecule has 5 heteroatoms. The van der Waals surface area contributed by atoms with Crippen LogP contribution >= 0.6 is 0 Å². The van der Waals surface area contributed by atoms with Crippen LogP contribution < -0.4 is 5.32 Å². The quantitative estimate of drug-likeness (QED) is 0.616. The fraction of sp³-hybridized carbons (Fsp3) is 0.684. The van der Waals surface area contributed by atoms with Crippen LogP contribution in [0.15, 0.2) is 0 Å². The molecule has 1 aliphatic carbocycles. The maximum Gasteiger partial charge on any atom is 0.340 e. The number of aromatic nitrogens is 1. The first-order valence-corrected chi connectivity index (χ1v) is 9.03. The molecule has 0 aromatic carbocycles. The highest BCUT2D eigenvalue weighted by molar-refractivity contribution is 6.03. The van der Waals surface area contributed by atoms with Crippen molar-refractivity contribution in [2.45, 2.75) is 72.4 Å². The molecule has 1 saturated carbocycles. The lowest BCUT2D eigenvalue weighted by Crippen LogP contribution is -2.46. The van der Waals surface area contributed by atoms with Crippen LogP contribution in [-0.2, 0) is 4.74 Å². The third-order valence-corrected chi connectivity index (χ3v) is 5.13. The summed E-state index contributed by atoms with van der Waals surface area (Å²) in [5.74, 6) is 0.226. The summed E-state index contributed by atoms with van der Waals surface area (Å²) in [4.78, 5) is 28.0. The fourth-order valence-electron chi connectivity index (χ4n) is 3.68. The van der Waals surface area contributed by atoms with E-state index in [0.717, 1.165) is 6.42 Å². The Labute approximate surface area is 144 Å². The molecule has 0 amide bonds. The minimum Gasteiger partial charge on any atom is -0.462 e. The van der Waals surface area contributed by atoms with E-state index >= 15 is 0 Å². The molecule has 0 bridgehead atoms. The lowest BCUT2D eigenvalue weighted by Gasteiger charge is -2.31. The first-order chi connectivity index (χ1) is 11.4. The van der Waals surface area contributed by atoms with Gasteiger partial charge in [-0.2, -0.15) is 0 Å². The Kier molecular flexibility index (Phi) is 6.21. The molecular weight excluding hydrogens is 304 g/mol. The highest BCUT2D eigenvalue weighted by Gasteiger charge is 2.29. The number of ketones is 1. The van der Waals surface area contributed by atoms with Crippen molar-refractivity contribution in [2.24, 2.45) is 5.92 Å². The molecule has 0 unspecified atom stereocenters. The number of ether oxygens (including phenoxy) is 1. The van der Waals surface area contributed by atoms with Gasteiger partial charge in [-0.05, 0) is 52.0 Å². The number of carbonyl (C=O) groups is 2. The van der Waals surface area contributed by atoms with Gasteiger partial charge >= 0.3 is 5.97 Å². The van der Waals surface area contributed by atoms with Crippen molar-refractivity contribution >= 4 is 11.8 Å². The van der Waals surface area contributed by atoms with Gasteiger partial charge < -0.3 is 15.0 Å². The number of aryl methyl sites for hydroxylation is 1. The van der Waals surface area contributed by atoms with E-state index in [2.05, 4.69) is 17.2 Å². The molecule has 0 radical (unpaired) electrons. The zero-order valence-electron chi connectivity index (χ0n) is 15.5. The molecule has 3 atom stereocenters. The van der Waals surface area contributed by atoms with Gasteiger partial charge in [0.2, 0.25) is 0 Å². The summed E-state index contributed by atoms with van der Waals surface area (Å²) in [6.45, 7) is 9.86. The Morgan fingerprint density at radius 2 is 1.96 bits per heavy atom. The SMILES string of the molecule is CCOC(=O)c1c(C)[nH]c(C(=O)[C@H](C)N[C@@H]2CCCC[C@@H]2C)c1C. The van der Waals surface area contributed by atoms with Gasteiger partial charge in [0.25, 0.3) is 0 Å². The van der Waals surface area contributed by atoms with E-state index in [1.165, 1.54) is 19.3 Å². The molecule has 5 nitrogen and oxygen atoms in total. The van der Waals surface area contributed by atoms with E-state index in [0.29, 0.717) is 41.1 Å². The van der Waals surface area contributed by atoms with Gasteiger partial charge in [0.15, 0.2) is 5.78 Å². The Bertz CT molecular complexity index is 606. The van der Waals surface area contributed by atoms with E-state index in [-0.39, 0.29) is 17.8 Å². The number of H-pyrrole nitrogens is 1. The largest absolute Gasteiger partial charge is 0.462 e. The van der Waals surface area contributed by atoms with Crippen LogP contribution in [0.5, 0.6) is 0 Å². The summed E-state index contributed by atoms with van der Waals surface area (Å²) in [5, 5.41) is 3.49. The molecule has 24 heavy (non-hydrogen) atoms. The molecule has 0 aliphatic heterocycles. The predicted octanol–water partition coefficient (Wildman–Crippen LogP) is 3.55. The molecule has 1 aromatic heterocycles. The monoisotopic (exact) mass is 334 g/mol. The fourth-order valence-corrected chi connectivity index (χ4v) is 3.68. The number of hydrogen-bond donors (Lipinski definition) is 2. The first-order valence-electron chi connectivity index (χ1n) is 9.03. The normalized spacial score (nSPS) is 22.2. The number of aromatic amines is 1. The van der Waals surface area contributed by atoms with Crippen LogP contribution in [0.4, 0.5) is 0 Å². The van der Waals surface area contributed by atoms with Crippen molar-refractivity contribution < 1.29 is 14.3 Å². The van der Waals surface area contributed by atoms with Gasteiger partial charge in [0, 0.05) is 11.7 Å². The minimum atomic E-state index is -0.371. The zero-order chi connectivity index (χ0) is 17.9. The van der Waals surface area contributed by atoms with Crippen LogP contribution in [-0.4, -0.2) is 35.4 Å². The summed E-state index contributed by atoms with van der Waals surface area (Å²) in [5.41, 5.74) is 2.37. The van der Waals surface area contributed by atoms with Crippen molar-refractivity contribution in [2.75, 3.05) is 6.61 Å². The lowest BCUT2D eigenvalue weighted by atomic mass is 9.85. The van der Waals surface area contributed by atoms with Crippen molar-refractivity contribution in [3.05, 3.63) is 22.5 Å². The van der Waals surface area contributed by atoms with Crippen molar-refractivity contribution in [1.29, 1.82) is 0 Å². The number of hydrogen-bond acceptors (Lipinski definition) is 4. The van der Waals surface area contributed by atoms with E-state index in [1.807, 2.05) is 6.92 Å². The second kappa shape index (κ2) is 7.97. The summed E-state index contributed by atoms with van der Waals surface area (Å²) in [6.07, 6.45) is 4.83. The summed E-state index contributed by atoms with van der Waals surface area (Å²) in [6, 6.07) is 0.112. The van der Waals surface area contributed by atoms with Gasteiger partial charge in [0.1, 0.15) is 0 Å². The molecule has 1 aliphatic rings. The second-order valence-electron chi connectivity index (χ2n) is 6.97. The van der Waals surface area contributed by atoms with E-state index in [9.17, 15) is 9.59 Å². The summed E-state index contributed by atoms with van der Waals surface area (Å²) >= 11 is 0. The molecule has 2 rings (SSSR count). The van der Waals surface area contributed by atoms with Gasteiger partial charge in [-0.3, -0.25) is 4.79 Å². The number of carbonyl (C=O) groups excluding carboxylic acids is 2. The van der Waals surface area contributed by atoms with Crippen molar-refractivity contribution in [3.8, 4) is 0 Å². The van der Waals surface area contributed by atoms with E-state index in [1.54, 1.807) is 20.8 Å². The standard InChI is InChI=1S/C19H30N2O3/c1-6-24-19(23)16-12(3)17(21-13(16)4)18(22)14(5)20-15-10-8-7-9-11(15)2/h11,14-15,20-21H,6-10H2,1-5H3/t11-,14-,15+/m0/s1. The number of rotatable bonds is 6. The molecule has 0 spiro atoms. The number of esters is 1. The Hall–Kier alpha value is -1.62. The van der Waals surface area contributed by atoms with Gasteiger partial charge in [0.05, 0.1) is 23.9 Å². The molecule has 1 aromatic rings. The molecule has 1 heterocycles. The zero-order valence-corrected chi connectivity index (χ0v) is 15.5. The molecule has 0 saturated heterocycles. The lowest BCUT2D eigenvalue weighted by molar-refractivity contribution is 0.0525. The summed E-state index contributed by atoms with van der Waals surface area (Å²) in [7, 11) is 0. The van der Waals surface area contributed by atoms with Gasteiger partial charge in [-0.15, -0.1) is 0 Å². The second-order valence-corrected chi connectivity index (χ2v) is 6.97. The van der Waals surface area contributed by atoms with Crippen molar-refractivity contribution in [1.82, 2.24) is 10.3 Å². The maximum absolute atomic E-state index is 12.8. The van der Waals surface area contributed by atoms with E-state index < -0.39 is 0 Å². The smallest absolute Gasteiger partial charge is 0.340 e. The van der Waals surface area contributed by atoms with Crippen LogP contribution in [0.2, 0.25) is 0 Å². The Morgan fingerprint density at radius 3 is 2.58 bits per heavy atom. The van der Waals surface area contributed by atoms with Crippen molar-refractivity contribution in [3.63, 3.8) is 0 Å². The average molecular weight is 334 g/mol.